The van der Waals surface area contributed by atoms with Crippen molar-refractivity contribution in [3.05, 3.63) is 70.4 Å². The molecule has 2 heterocycles. The average molecular weight is 480 g/mol. The molecule has 3 aromatic rings. The number of pyridine rings is 1. The number of amides is 1. The minimum absolute atomic E-state index is 0.00180. The molecule has 0 saturated carbocycles. The van der Waals surface area contributed by atoms with Crippen molar-refractivity contribution in [3.8, 4) is 0 Å². The van der Waals surface area contributed by atoms with E-state index in [4.69, 9.17) is 11.6 Å². The summed E-state index contributed by atoms with van der Waals surface area (Å²) in [5.41, 5.74) is -2.16. The number of halogens is 5. The molecule has 1 N–H and O–H groups in total. The highest BCUT2D eigenvalue weighted by Crippen LogP contribution is 2.40. The molecule has 0 aliphatic carbocycles. The maximum Gasteiger partial charge on any atom is 0.435 e. The van der Waals surface area contributed by atoms with Gasteiger partial charge < -0.3 is 0 Å². The number of hydrogen-bond acceptors (Lipinski definition) is 6. The highest BCUT2D eigenvalue weighted by molar-refractivity contribution is 7.92. The number of thiazole rings is 1. The monoisotopic (exact) mass is 479 g/mol. The summed E-state index contributed by atoms with van der Waals surface area (Å²) in [6.45, 7) is 0. The van der Waals surface area contributed by atoms with E-state index in [0.29, 0.717) is 0 Å². The number of carbonyl (C=O) groups excluding carboxylic acids is 1. The van der Waals surface area contributed by atoms with Crippen molar-refractivity contribution in [2.45, 2.75) is 16.1 Å². The Labute approximate surface area is 176 Å². The minimum Gasteiger partial charge on any atom is -0.296 e. The summed E-state index contributed by atoms with van der Waals surface area (Å²) in [6, 6.07) is 7.46. The lowest BCUT2D eigenvalue weighted by atomic mass is 10.2. The van der Waals surface area contributed by atoms with Gasteiger partial charge in [0.15, 0.2) is 24.9 Å². The third-order valence-electron chi connectivity index (χ3n) is 3.63. The molecule has 0 aliphatic heterocycles. The zero-order valence-corrected chi connectivity index (χ0v) is 17.0. The number of sulfone groups is 1. The number of nitrogens with one attached hydrogen (secondary N) is 1. The number of rotatable bonds is 5. The molecule has 0 unspecified atom stereocenters. The first-order valence-electron chi connectivity index (χ1n) is 7.94. The minimum atomic E-state index is -5.12. The van der Waals surface area contributed by atoms with E-state index in [0.717, 1.165) is 12.1 Å². The standard InChI is InChI=1S/C17H10ClF4N3O3S2/c18-10-5-4-9(11(19)7-10)8-30(27,28)15-13(17(20,21)22)24-16(29-15)25-14(26)12-3-1-2-6-23-12/h1-7H,8H2,(H,24,25,26). The summed E-state index contributed by atoms with van der Waals surface area (Å²) in [5, 5.41) is 1.51. The van der Waals surface area contributed by atoms with E-state index in [2.05, 4.69) is 15.3 Å². The van der Waals surface area contributed by atoms with Crippen LogP contribution in [-0.2, 0) is 21.8 Å². The third kappa shape index (κ3) is 4.94. The van der Waals surface area contributed by atoms with E-state index < -0.39 is 48.5 Å². The zero-order valence-electron chi connectivity index (χ0n) is 14.6. The number of anilines is 1. The third-order valence-corrected chi connectivity index (χ3v) is 7.09. The Hall–Kier alpha value is -2.57. The van der Waals surface area contributed by atoms with E-state index in [9.17, 15) is 30.8 Å². The lowest BCUT2D eigenvalue weighted by Crippen LogP contribution is -2.15. The SMILES string of the molecule is O=C(Nc1nc(C(F)(F)F)c(S(=O)(=O)Cc2ccc(Cl)cc2F)s1)c1ccccn1. The number of alkyl halides is 3. The Morgan fingerprint density at radius 2 is 1.93 bits per heavy atom. The second kappa shape index (κ2) is 8.28. The number of hydrogen-bond donors (Lipinski definition) is 1. The highest BCUT2D eigenvalue weighted by Gasteiger charge is 2.42. The van der Waals surface area contributed by atoms with Gasteiger partial charge in [-0.15, -0.1) is 0 Å². The van der Waals surface area contributed by atoms with Crippen molar-refractivity contribution in [2.75, 3.05) is 5.32 Å². The molecule has 1 amide bonds. The number of aromatic nitrogens is 2. The fourth-order valence-corrected chi connectivity index (χ4v) is 5.34. The van der Waals surface area contributed by atoms with Gasteiger partial charge in [0.25, 0.3) is 5.91 Å². The van der Waals surface area contributed by atoms with Gasteiger partial charge in [-0.1, -0.05) is 35.1 Å². The average Bonchev–Trinajstić information content (AvgIpc) is 3.10. The Morgan fingerprint density at radius 1 is 1.20 bits per heavy atom. The molecule has 6 nitrogen and oxygen atoms in total. The maximum absolute atomic E-state index is 13.9. The van der Waals surface area contributed by atoms with Crippen molar-refractivity contribution >= 4 is 43.8 Å². The van der Waals surface area contributed by atoms with Crippen LogP contribution in [0.5, 0.6) is 0 Å². The second-order valence-corrected chi connectivity index (χ2v) is 9.44. The first-order chi connectivity index (χ1) is 14.0. The fraction of sp³-hybridized carbons (Fsp3) is 0.118. The van der Waals surface area contributed by atoms with Crippen molar-refractivity contribution in [1.82, 2.24) is 9.97 Å². The van der Waals surface area contributed by atoms with Gasteiger partial charge in [-0.2, -0.15) is 13.2 Å². The molecule has 0 bridgehead atoms. The van der Waals surface area contributed by atoms with Gasteiger partial charge in [-0.05, 0) is 24.3 Å². The summed E-state index contributed by atoms with van der Waals surface area (Å²) in [4.78, 5) is 19.1. The topological polar surface area (TPSA) is 89.0 Å². The van der Waals surface area contributed by atoms with E-state index in [-0.39, 0.29) is 27.6 Å². The Balaban J connectivity index is 1.97. The van der Waals surface area contributed by atoms with Gasteiger partial charge in [-0.25, -0.2) is 17.8 Å². The second-order valence-electron chi connectivity index (χ2n) is 5.82. The van der Waals surface area contributed by atoms with Crippen molar-refractivity contribution < 1.29 is 30.8 Å². The number of carbonyl (C=O) groups is 1. The molecule has 0 saturated heterocycles. The van der Waals surface area contributed by atoms with Crippen LogP contribution >= 0.6 is 22.9 Å². The number of nitrogens with zero attached hydrogens (tertiary/aromatic N) is 2. The molecular formula is C17H10ClF4N3O3S2. The molecule has 0 atom stereocenters. The summed E-state index contributed by atoms with van der Waals surface area (Å²) in [6.07, 6.45) is -3.82. The van der Waals surface area contributed by atoms with Crippen LogP contribution in [0.25, 0.3) is 0 Å². The smallest absolute Gasteiger partial charge is 0.296 e. The van der Waals surface area contributed by atoms with Gasteiger partial charge >= 0.3 is 6.18 Å². The molecule has 30 heavy (non-hydrogen) atoms. The van der Waals surface area contributed by atoms with Crippen molar-refractivity contribution in [3.63, 3.8) is 0 Å². The molecule has 1 aromatic carbocycles. The van der Waals surface area contributed by atoms with E-state index in [1.54, 1.807) is 0 Å². The molecule has 158 valence electrons. The van der Waals surface area contributed by atoms with Crippen LogP contribution < -0.4 is 5.32 Å². The number of benzene rings is 1. The van der Waals surface area contributed by atoms with E-state index in [1.807, 2.05) is 0 Å². The summed E-state index contributed by atoms with van der Waals surface area (Å²) in [5.74, 6) is -2.90. The molecular weight excluding hydrogens is 470 g/mol. The van der Waals surface area contributed by atoms with Crippen LogP contribution in [0.2, 0.25) is 5.02 Å². The lowest BCUT2D eigenvalue weighted by molar-refractivity contribution is -0.142. The molecule has 0 fully saturated rings. The Bertz CT molecular complexity index is 1200. The molecule has 0 radical (unpaired) electrons. The van der Waals surface area contributed by atoms with Gasteiger partial charge in [-0.3, -0.25) is 15.1 Å². The van der Waals surface area contributed by atoms with Crippen LogP contribution in [0.4, 0.5) is 22.7 Å². The highest BCUT2D eigenvalue weighted by atomic mass is 35.5. The summed E-state index contributed by atoms with van der Waals surface area (Å²) in [7, 11) is -4.66. The van der Waals surface area contributed by atoms with Crippen molar-refractivity contribution in [1.29, 1.82) is 0 Å². The van der Waals surface area contributed by atoms with Crippen molar-refractivity contribution in [2.24, 2.45) is 0 Å². The lowest BCUT2D eigenvalue weighted by Gasteiger charge is -2.08. The normalized spacial score (nSPS) is 12.0. The predicted octanol–water partition coefficient (Wildman–Crippen LogP) is 4.58. The molecule has 3 rings (SSSR count). The van der Waals surface area contributed by atoms with E-state index >= 15 is 0 Å². The summed E-state index contributed by atoms with van der Waals surface area (Å²) < 4.78 is 78.2. The van der Waals surface area contributed by atoms with Gasteiger partial charge in [0, 0.05) is 16.8 Å². The molecule has 2 aromatic heterocycles. The summed E-state index contributed by atoms with van der Waals surface area (Å²) >= 11 is 5.72. The molecule has 0 aliphatic rings. The molecule has 13 heteroatoms. The van der Waals surface area contributed by atoms with E-state index in [1.165, 1.54) is 30.5 Å². The Kier molecular flexibility index (Phi) is 6.11. The van der Waals surface area contributed by atoms with Gasteiger partial charge in [0.2, 0.25) is 0 Å². The van der Waals surface area contributed by atoms with Gasteiger partial charge in [0.1, 0.15) is 11.5 Å². The van der Waals surface area contributed by atoms with Crippen LogP contribution in [-0.4, -0.2) is 24.3 Å². The largest absolute Gasteiger partial charge is 0.435 e. The Morgan fingerprint density at radius 3 is 2.53 bits per heavy atom. The predicted molar refractivity (Wildman–Crippen MR) is 102 cm³/mol. The van der Waals surface area contributed by atoms with Crippen LogP contribution in [0, 0.1) is 5.82 Å². The quantitative estimate of drug-likeness (QED) is 0.541. The molecule has 0 spiro atoms. The first-order valence-corrected chi connectivity index (χ1v) is 10.8. The van der Waals surface area contributed by atoms with Crippen LogP contribution in [0.1, 0.15) is 21.7 Å². The van der Waals surface area contributed by atoms with Gasteiger partial charge in [0.05, 0.1) is 5.75 Å². The van der Waals surface area contributed by atoms with Crippen LogP contribution in [0.3, 0.4) is 0 Å². The maximum atomic E-state index is 13.9. The fourth-order valence-electron chi connectivity index (χ4n) is 2.32. The first kappa shape index (κ1) is 22.1. The zero-order chi connectivity index (χ0) is 22.1. The van der Waals surface area contributed by atoms with Crippen LogP contribution in [0.15, 0.2) is 46.8 Å².